The van der Waals surface area contributed by atoms with Gasteiger partial charge in [0.25, 0.3) is 0 Å². The lowest BCUT2D eigenvalue weighted by atomic mass is 10.1. The van der Waals surface area contributed by atoms with Crippen LogP contribution in [-0.4, -0.2) is 11.7 Å². The molecule has 0 aliphatic carbocycles. The molecule has 1 heterocycles. The first-order valence-electron chi connectivity index (χ1n) is 7.55. The second-order valence-corrected chi connectivity index (χ2v) is 5.73. The summed E-state index contributed by atoms with van der Waals surface area (Å²) in [5, 5.41) is 0. The number of carbonyl (C=O) groups excluding carboxylic acids is 2. The van der Waals surface area contributed by atoms with Crippen molar-refractivity contribution in [1.29, 1.82) is 0 Å². The number of halogens is 4. The van der Waals surface area contributed by atoms with Gasteiger partial charge in [-0.25, -0.2) is 4.39 Å². The first kappa shape index (κ1) is 17.1. The average molecular weight is 351 g/mol. The molecule has 0 radical (unpaired) electrons. The van der Waals surface area contributed by atoms with Crippen LogP contribution in [0.1, 0.15) is 34.3 Å². The predicted octanol–water partition coefficient (Wildman–Crippen LogP) is 4.35. The van der Waals surface area contributed by atoms with Gasteiger partial charge in [-0.15, -0.1) is 0 Å². The zero-order chi connectivity index (χ0) is 18.2. The molecular weight excluding hydrogens is 338 g/mol. The molecule has 7 heteroatoms. The summed E-state index contributed by atoms with van der Waals surface area (Å²) in [7, 11) is 0. The van der Waals surface area contributed by atoms with E-state index in [0.29, 0.717) is 17.3 Å². The smallest absolute Gasteiger partial charge is 0.307 e. The van der Waals surface area contributed by atoms with Crippen molar-refractivity contribution in [3.05, 3.63) is 65.0 Å². The highest BCUT2D eigenvalue weighted by atomic mass is 19.4. The summed E-state index contributed by atoms with van der Waals surface area (Å²) in [5.74, 6) is -1.92. The Morgan fingerprint density at radius 3 is 2.44 bits per heavy atom. The number of hydrogen-bond acceptors (Lipinski definition) is 2. The number of rotatable bonds is 2. The molecule has 1 amide bonds. The number of benzene rings is 2. The van der Waals surface area contributed by atoms with Gasteiger partial charge in [-0.3, -0.25) is 9.59 Å². The van der Waals surface area contributed by atoms with Gasteiger partial charge in [-0.2, -0.15) is 13.2 Å². The van der Waals surface area contributed by atoms with Crippen LogP contribution in [0.15, 0.2) is 42.5 Å². The number of ketones is 1. The Balaban J connectivity index is 2.01. The summed E-state index contributed by atoms with van der Waals surface area (Å²) >= 11 is 0. The fourth-order valence-electron chi connectivity index (χ4n) is 2.81. The molecule has 0 fully saturated rings. The maximum atomic E-state index is 13.4. The van der Waals surface area contributed by atoms with Gasteiger partial charge in [0.15, 0.2) is 5.78 Å². The highest BCUT2D eigenvalue weighted by Gasteiger charge is 2.34. The number of hydrogen-bond donors (Lipinski definition) is 0. The van der Waals surface area contributed by atoms with Crippen molar-refractivity contribution in [3.63, 3.8) is 0 Å². The minimum Gasteiger partial charge on any atom is -0.307 e. The van der Waals surface area contributed by atoms with Crippen LogP contribution in [0.25, 0.3) is 0 Å². The normalized spacial score (nSPS) is 15.1. The number of anilines is 1. The van der Waals surface area contributed by atoms with E-state index in [-0.39, 0.29) is 36.6 Å². The molecule has 2 aromatic rings. The topological polar surface area (TPSA) is 37.4 Å². The molecule has 2 aromatic carbocycles. The van der Waals surface area contributed by atoms with Crippen LogP contribution < -0.4 is 4.90 Å². The van der Waals surface area contributed by atoms with Crippen LogP contribution in [0, 0.1) is 5.82 Å². The lowest BCUT2D eigenvalue weighted by Gasteiger charge is -2.23. The lowest BCUT2D eigenvalue weighted by Crippen LogP contribution is -2.29. The zero-order valence-corrected chi connectivity index (χ0v) is 12.9. The number of carbonyl (C=O) groups is 2. The van der Waals surface area contributed by atoms with Gasteiger partial charge in [0.1, 0.15) is 5.82 Å². The molecule has 3 nitrogen and oxygen atoms in total. The monoisotopic (exact) mass is 351 g/mol. The molecule has 1 aliphatic rings. The molecular formula is C18H13F4NO2. The van der Waals surface area contributed by atoms with Crippen molar-refractivity contribution in [2.45, 2.75) is 25.6 Å². The summed E-state index contributed by atoms with van der Waals surface area (Å²) in [6.45, 7) is -0.174. The van der Waals surface area contributed by atoms with E-state index >= 15 is 0 Å². The molecule has 0 saturated carbocycles. The van der Waals surface area contributed by atoms with Gasteiger partial charge in [0.2, 0.25) is 5.91 Å². The molecule has 0 aromatic heterocycles. The van der Waals surface area contributed by atoms with Crippen molar-refractivity contribution < 1.29 is 27.2 Å². The Hall–Kier alpha value is -2.70. The molecule has 0 N–H and O–H groups in total. The average Bonchev–Trinajstić information content (AvgIpc) is 2.68. The van der Waals surface area contributed by atoms with Gasteiger partial charge in [-0.1, -0.05) is 18.2 Å². The van der Waals surface area contributed by atoms with Crippen LogP contribution in [-0.2, 0) is 17.5 Å². The third-order valence-electron chi connectivity index (χ3n) is 4.04. The number of alkyl halides is 3. The van der Waals surface area contributed by atoms with E-state index in [9.17, 15) is 27.2 Å². The van der Waals surface area contributed by atoms with Gasteiger partial charge >= 0.3 is 6.18 Å². The highest BCUT2D eigenvalue weighted by Crippen LogP contribution is 2.33. The second-order valence-electron chi connectivity index (χ2n) is 5.73. The number of nitrogens with zero attached hydrogens (tertiary/aromatic N) is 1. The summed E-state index contributed by atoms with van der Waals surface area (Å²) in [6.07, 6.45) is -4.80. The molecule has 0 unspecified atom stereocenters. The first-order valence-corrected chi connectivity index (χ1v) is 7.55. The summed E-state index contributed by atoms with van der Waals surface area (Å²) in [6, 6.07) is 9.08. The number of para-hydroxylation sites is 1. The maximum Gasteiger partial charge on any atom is 0.419 e. The van der Waals surface area contributed by atoms with Crippen molar-refractivity contribution in [1.82, 2.24) is 0 Å². The number of amides is 1. The van der Waals surface area contributed by atoms with Crippen LogP contribution >= 0.6 is 0 Å². The van der Waals surface area contributed by atoms with Gasteiger partial charge in [0, 0.05) is 18.4 Å². The van der Waals surface area contributed by atoms with Crippen molar-refractivity contribution in [2.24, 2.45) is 0 Å². The minimum atomic E-state index is -4.82. The van der Waals surface area contributed by atoms with Crippen LogP contribution in [0.5, 0.6) is 0 Å². The highest BCUT2D eigenvalue weighted by molar-refractivity contribution is 6.09. The third kappa shape index (κ3) is 3.40. The number of Topliss-reactive ketones (excluding diaryl/α,β-unsaturated/α-hetero) is 1. The molecule has 3 rings (SSSR count). The summed E-state index contributed by atoms with van der Waals surface area (Å²) in [5.41, 5.74) is -0.540. The zero-order valence-electron chi connectivity index (χ0n) is 12.9. The van der Waals surface area contributed by atoms with Crippen molar-refractivity contribution in [2.75, 3.05) is 4.90 Å². The Morgan fingerprint density at radius 2 is 1.72 bits per heavy atom. The molecule has 0 saturated heterocycles. The third-order valence-corrected chi connectivity index (χ3v) is 4.04. The largest absolute Gasteiger partial charge is 0.419 e. The van der Waals surface area contributed by atoms with E-state index < -0.39 is 17.6 Å². The van der Waals surface area contributed by atoms with Gasteiger partial charge in [0.05, 0.1) is 17.8 Å². The quantitative estimate of drug-likeness (QED) is 0.754. The Kier molecular flexibility index (Phi) is 4.32. The number of fused-ring (bicyclic) bond motifs is 1. The molecule has 0 spiro atoms. The SMILES string of the molecule is O=C1CCC(=O)N(Cc2ccc(F)c(C(F)(F)F)c2)c2ccccc21. The fraction of sp³-hybridized carbons (Fsp3) is 0.222. The van der Waals surface area contributed by atoms with Crippen LogP contribution in [0.4, 0.5) is 23.2 Å². The maximum absolute atomic E-state index is 13.4. The molecule has 130 valence electrons. The lowest BCUT2D eigenvalue weighted by molar-refractivity contribution is -0.140. The summed E-state index contributed by atoms with van der Waals surface area (Å²) < 4.78 is 52.1. The second kappa shape index (κ2) is 6.31. The Bertz CT molecular complexity index is 845. The molecule has 0 bridgehead atoms. The van der Waals surface area contributed by atoms with E-state index in [1.54, 1.807) is 24.3 Å². The van der Waals surface area contributed by atoms with E-state index in [0.717, 1.165) is 6.07 Å². The van der Waals surface area contributed by atoms with E-state index in [2.05, 4.69) is 0 Å². The van der Waals surface area contributed by atoms with Gasteiger partial charge < -0.3 is 4.90 Å². The Morgan fingerprint density at radius 1 is 1.00 bits per heavy atom. The van der Waals surface area contributed by atoms with Crippen LogP contribution in [0.3, 0.4) is 0 Å². The minimum absolute atomic E-state index is 0.0269. The van der Waals surface area contributed by atoms with E-state index in [1.807, 2.05) is 0 Å². The molecule has 25 heavy (non-hydrogen) atoms. The van der Waals surface area contributed by atoms with Crippen molar-refractivity contribution >= 4 is 17.4 Å². The molecule has 1 aliphatic heterocycles. The first-order chi connectivity index (χ1) is 11.8. The molecule has 0 atom stereocenters. The van der Waals surface area contributed by atoms with Crippen LogP contribution in [0.2, 0.25) is 0 Å². The summed E-state index contributed by atoms with van der Waals surface area (Å²) in [4.78, 5) is 25.7. The predicted molar refractivity (Wildman–Crippen MR) is 82.6 cm³/mol. The Labute approximate surface area is 140 Å². The standard InChI is InChI=1S/C18H13F4NO2/c19-14-6-5-11(9-13(14)18(20,21)22)10-23-15-4-2-1-3-12(15)16(24)7-8-17(23)25/h1-6,9H,7-8,10H2. The van der Waals surface area contributed by atoms with Gasteiger partial charge in [-0.05, 0) is 29.8 Å². The van der Waals surface area contributed by atoms with E-state index in [4.69, 9.17) is 0 Å². The fourth-order valence-corrected chi connectivity index (χ4v) is 2.81. The van der Waals surface area contributed by atoms with E-state index in [1.165, 1.54) is 11.0 Å². The van der Waals surface area contributed by atoms with Crippen molar-refractivity contribution in [3.8, 4) is 0 Å².